The van der Waals surface area contributed by atoms with E-state index in [1.165, 1.54) is 0 Å². The molecule has 0 bridgehead atoms. The maximum absolute atomic E-state index is 13.2. The van der Waals surface area contributed by atoms with Crippen LogP contribution < -0.4 is 14.8 Å². The predicted molar refractivity (Wildman–Crippen MR) is 111 cm³/mol. The Morgan fingerprint density at radius 1 is 1.10 bits per heavy atom. The smallest absolute Gasteiger partial charge is 0.252 e. The highest BCUT2D eigenvalue weighted by Crippen LogP contribution is 2.32. The van der Waals surface area contributed by atoms with Crippen molar-refractivity contribution in [2.45, 2.75) is 46.1 Å². The zero-order chi connectivity index (χ0) is 21.7. The molecular formula is C22H31N3O5. The summed E-state index contributed by atoms with van der Waals surface area (Å²) in [6.07, 6.45) is 1.85. The van der Waals surface area contributed by atoms with Crippen molar-refractivity contribution in [2.75, 3.05) is 33.0 Å². The molecule has 2 heterocycles. The minimum atomic E-state index is -0.623. The van der Waals surface area contributed by atoms with Crippen LogP contribution >= 0.6 is 0 Å². The van der Waals surface area contributed by atoms with Crippen molar-refractivity contribution in [3.63, 3.8) is 0 Å². The van der Waals surface area contributed by atoms with Gasteiger partial charge in [0.25, 0.3) is 5.91 Å². The number of piperidine rings is 1. The van der Waals surface area contributed by atoms with Gasteiger partial charge in [-0.15, -0.1) is 0 Å². The van der Waals surface area contributed by atoms with Crippen LogP contribution in [0.1, 0.15) is 50.4 Å². The van der Waals surface area contributed by atoms with E-state index in [9.17, 15) is 14.4 Å². The number of rotatable bonds is 7. The molecule has 1 atom stereocenters. The molecule has 30 heavy (non-hydrogen) atoms. The third-order valence-electron chi connectivity index (χ3n) is 5.93. The molecule has 3 amide bonds. The predicted octanol–water partition coefficient (Wildman–Crippen LogP) is 2.03. The van der Waals surface area contributed by atoms with Gasteiger partial charge in [0, 0.05) is 38.2 Å². The van der Waals surface area contributed by atoms with Crippen molar-refractivity contribution < 1.29 is 23.9 Å². The molecule has 0 radical (unpaired) electrons. The lowest BCUT2D eigenvalue weighted by atomic mass is 9.88. The van der Waals surface area contributed by atoms with Crippen LogP contribution in [0.3, 0.4) is 0 Å². The number of nitrogens with zero attached hydrogens (tertiary/aromatic N) is 2. The Morgan fingerprint density at radius 2 is 1.77 bits per heavy atom. The quantitative estimate of drug-likeness (QED) is 0.733. The number of benzene rings is 1. The van der Waals surface area contributed by atoms with Gasteiger partial charge in [-0.3, -0.25) is 14.4 Å². The first-order valence-corrected chi connectivity index (χ1v) is 10.8. The molecule has 2 aliphatic rings. The third-order valence-corrected chi connectivity index (χ3v) is 5.93. The molecule has 1 saturated heterocycles. The average molecular weight is 418 g/mol. The number of fused-ring (bicyclic) bond motifs is 1. The van der Waals surface area contributed by atoms with Crippen molar-refractivity contribution in [3.8, 4) is 11.5 Å². The minimum Gasteiger partial charge on any atom is -0.454 e. The standard InChI is InChI=1S/C22H31N3O5/c1-4-19(26)25-11-9-15(10-12-25)20(22(28)24(5-2)6-3)23-21(27)16-7-8-17-18(13-16)30-14-29-17/h7-8,13,15,20H,4-6,9-12,14H2,1-3H3,(H,23,27)/t20-/m0/s1. The third kappa shape index (κ3) is 4.68. The van der Waals surface area contributed by atoms with Gasteiger partial charge < -0.3 is 24.6 Å². The largest absolute Gasteiger partial charge is 0.454 e. The summed E-state index contributed by atoms with van der Waals surface area (Å²) in [5.41, 5.74) is 0.426. The van der Waals surface area contributed by atoms with Crippen LogP contribution in [0.2, 0.25) is 0 Å². The molecule has 3 rings (SSSR count). The molecular weight excluding hydrogens is 386 g/mol. The maximum Gasteiger partial charge on any atom is 0.252 e. The van der Waals surface area contributed by atoms with Crippen LogP contribution in [-0.2, 0) is 9.59 Å². The van der Waals surface area contributed by atoms with Crippen molar-refractivity contribution in [2.24, 2.45) is 5.92 Å². The summed E-state index contributed by atoms with van der Waals surface area (Å²) >= 11 is 0. The number of hydrogen-bond donors (Lipinski definition) is 1. The first-order valence-electron chi connectivity index (χ1n) is 10.8. The topological polar surface area (TPSA) is 88.2 Å². The fraction of sp³-hybridized carbons (Fsp3) is 0.591. The molecule has 1 N–H and O–H groups in total. The Balaban J connectivity index is 1.75. The Labute approximate surface area is 177 Å². The summed E-state index contributed by atoms with van der Waals surface area (Å²) in [5, 5.41) is 2.97. The number of ether oxygens (including phenoxy) is 2. The van der Waals surface area contributed by atoms with Crippen LogP contribution in [0.4, 0.5) is 0 Å². The molecule has 0 aromatic heterocycles. The average Bonchev–Trinajstić information content (AvgIpc) is 3.25. The number of hydrogen-bond acceptors (Lipinski definition) is 5. The molecule has 164 valence electrons. The Kier molecular flexibility index (Phi) is 7.18. The van der Waals surface area contributed by atoms with Crippen LogP contribution in [0, 0.1) is 5.92 Å². The van der Waals surface area contributed by atoms with E-state index in [0.29, 0.717) is 62.5 Å². The molecule has 8 nitrogen and oxygen atoms in total. The van der Waals surface area contributed by atoms with Gasteiger partial charge in [-0.1, -0.05) is 6.92 Å². The molecule has 0 saturated carbocycles. The van der Waals surface area contributed by atoms with E-state index in [1.807, 2.05) is 25.7 Å². The van der Waals surface area contributed by atoms with Gasteiger partial charge in [0.2, 0.25) is 18.6 Å². The minimum absolute atomic E-state index is 0.0167. The SMILES string of the molecule is CCC(=O)N1CCC([C@H](NC(=O)c2ccc3c(c2)OCO3)C(=O)N(CC)CC)CC1. The zero-order valence-electron chi connectivity index (χ0n) is 18.0. The van der Waals surface area contributed by atoms with Crippen LogP contribution in [0.25, 0.3) is 0 Å². The highest BCUT2D eigenvalue weighted by Gasteiger charge is 2.35. The first-order chi connectivity index (χ1) is 14.5. The highest BCUT2D eigenvalue weighted by molar-refractivity contribution is 5.98. The highest BCUT2D eigenvalue weighted by atomic mass is 16.7. The van der Waals surface area contributed by atoms with E-state index in [0.717, 1.165) is 0 Å². The Bertz CT molecular complexity index is 785. The van der Waals surface area contributed by atoms with Crippen molar-refractivity contribution in [3.05, 3.63) is 23.8 Å². The molecule has 0 unspecified atom stereocenters. The van der Waals surface area contributed by atoms with Crippen molar-refractivity contribution in [1.82, 2.24) is 15.1 Å². The van der Waals surface area contributed by atoms with E-state index in [1.54, 1.807) is 23.1 Å². The molecule has 1 aromatic rings. The lowest BCUT2D eigenvalue weighted by Crippen LogP contribution is -2.54. The number of amides is 3. The van der Waals surface area contributed by atoms with Gasteiger partial charge in [0.1, 0.15) is 6.04 Å². The second kappa shape index (κ2) is 9.82. The van der Waals surface area contributed by atoms with E-state index in [4.69, 9.17) is 9.47 Å². The number of carbonyl (C=O) groups excluding carboxylic acids is 3. The van der Waals surface area contributed by atoms with Gasteiger partial charge >= 0.3 is 0 Å². The van der Waals surface area contributed by atoms with Gasteiger partial charge in [0.15, 0.2) is 11.5 Å². The second-order valence-corrected chi connectivity index (χ2v) is 7.60. The van der Waals surface area contributed by atoms with Crippen molar-refractivity contribution >= 4 is 17.7 Å². The number of carbonyl (C=O) groups is 3. The number of likely N-dealkylation sites (tertiary alicyclic amines) is 1. The molecule has 8 heteroatoms. The van der Waals surface area contributed by atoms with E-state index < -0.39 is 6.04 Å². The molecule has 2 aliphatic heterocycles. The van der Waals surface area contributed by atoms with E-state index in [2.05, 4.69) is 5.32 Å². The number of likely N-dealkylation sites (N-methyl/N-ethyl adjacent to an activating group) is 1. The van der Waals surface area contributed by atoms with Gasteiger partial charge in [-0.2, -0.15) is 0 Å². The monoisotopic (exact) mass is 417 g/mol. The fourth-order valence-electron chi connectivity index (χ4n) is 4.08. The van der Waals surface area contributed by atoms with Gasteiger partial charge in [0.05, 0.1) is 0 Å². The summed E-state index contributed by atoms with van der Waals surface area (Å²) in [6, 6.07) is 4.39. The second-order valence-electron chi connectivity index (χ2n) is 7.60. The Morgan fingerprint density at radius 3 is 2.40 bits per heavy atom. The van der Waals surface area contributed by atoms with Crippen LogP contribution in [-0.4, -0.2) is 66.5 Å². The summed E-state index contributed by atoms with van der Waals surface area (Å²) in [6.45, 7) is 8.24. The van der Waals surface area contributed by atoms with Crippen LogP contribution in [0.5, 0.6) is 11.5 Å². The van der Waals surface area contributed by atoms with Gasteiger partial charge in [-0.05, 0) is 50.8 Å². The maximum atomic E-state index is 13.2. The van der Waals surface area contributed by atoms with Crippen molar-refractivity contribution in [1.29, 1.82) is 0 Å². The lowest BCUT2D eigenvalue weighted by Gasteiger charge is -2.37. The zero-order valence-corrected chi connectivity index (χ0v) is 18.0. The fourth-order valence-corrected chi connectivity index (χ4v) is 4.08. The molecule has 1 fully saturated rings. The summed E-state index contributed by atoms with van der Waals surface area (Å²) in [7, 11) is 0. The van der Waals surface area contributed by atoms with Gasteiger partial charge in [-0.25, -0.2) is 0 Å². The lowest BCUT2D eigenvalue weighted by molar-refractivity contribution is -0.135. The van der Waals surface area contributed by atoms with E-state index >= 15 is 0 Å². The summed E-state index contributed by atoms with van der Waals surface area (Å²) < 4.78 is 10.7. The Hall–Kier alpha value is -2.77. The first kappa shape index (κ1) is 21.9. The van der Waals surface area contributed by atoms with Crippen LogP contribution in [0.15, 0.2) is 18.2 Å². The molecule has 0 aliphatic carbocycles. The molecule has 1 aromatic carbocycles. The summed E-state index contributed by atoms with van der Waals surface area (Å²) in [4.78, 5) is 41.8. The van der Waals surface area contributed by atoms with E-state index in [-0.39, 0.29) is 30.4 Å². The normalized spacial score (nSPS) is 16.8. The summed E-state index contributed by atoms with van der Waals surface area (Å²) in [5.74, 6) is 0.859. The number of nitrogens with one attached hydrogen (secondary N) is 1. The molecule has 0 spiro atoms.